The zero-order valence-electron chi connectivity index (χ0n) is 5.22. The maximum absolute atomic E-state index is 8.64. The van der Waals surface area contributed by atoms with Crippen LogP contribution in [0.2, 0.25) is 0 Å². The quantitative estimate of drug-likeness (QED) is 0.509. The molecule has 0 bridgehead atoms. The van der Waals surface area contributed by atoms with Crippen LogP contribution >= 0.6 is 0 Å². The Bertz CT molecular complexity index is 88.5. The molecule has 2 atom stereocenters. The Labute approximate surface area is 49.7 Å². The molecule has 0 aromatic heterocycles. The smallest absolute Gasteiger partial charge is 0.0476 e. The van der Waals surface area contributed by atoms with Gasteiger partial charge in [0.25, 0.3) is 0 Å². The molecule has 0 aromatic rings. The zero-order chi connectivity index (χ0) is 6.20. The molecule has 2 heteroatoms. The molecule has 1 rings (SSSR count). The average Bonchev–Trinajstić information content (AvgIpc) is 1.66. The molecule has 0 aliphatic heterocycles. The van der Waals surface area contributed by atoms with Crippen LogP contribution in [0.5, 0.6) is 0 Å². The summed E-state index contributed by atoms with van der Waals surface area (Å²) in [5.41, 5.74) is 5.66. The van der Waals surface area contributed by atoms with E-state index in [1.54, 1.807) is 0 Å². The minimum Gasteiger partial charge on any atom is -0.396 e. The van der Waals surface area contributed by atoms with E-state index >= 15 is 0 Å². The highest BCUT2D eigenvalue weighted by Gasteiger charge is 2.38. The second kappa shape index (κ2) is 1.71. The lowest BCUT2D eigenvalue weighted by Gasteiger charge is -2.43. The van der Waals surface area contributed by atoms with Gasteiger partial charge in [0, 0.05) is 12.1 Å². The van der Waals surface area contributed by atoms with Crippen molar-refractivity contribution in [3.63, 3.8) is 0 Å². The van der Waals surface area contributed by atoms with Crippen LogP contribution < -0.4 is 5.73 Å². The van der Waals surface area contributed by atoms with Crippen molar-refractivity contribution in [2.45, 2.75) is 25.3 Å². The van der Waals surface area contributed by atoms with Crippen LogP contribution in [0.1, 0.15) is 19.8 Å². The monoisotopic (exact) mass is 115 g/mol. The molecule has 0 heterocycles. The van der Waals surface area contributed by atoms with Gasteiger partial charge in [0.05, 0.1) is 0 Å². The molecule has 48 valence electrons. The molecule has 0 radical (unpaired) electrons. The van der Waals surface area contributed by atoms with Crippen molar-refractivity contribution in [2.75, 3.05) is 6.61 Å². The van der Waals surface area contributed by atoms with Gasteiger partial charge in [0.1, 0.15) is 0 Å². The van der Waals surface area contributed by atoms with E-state index in [2.05, 4.69) is 0 Å². The van der Waals surface area contributed by atoms with Gasteiger partial charge >= 0.3 is 0 Å². The second-order valence-corrected chi connectivity index (χ2v) is 2.92. The van der Waals surface area contributed by atoms with Crippen molar-refractivity contribution in [1.82, 2.24) is 0 Å². The van der Waals surface area contributed by atoms with Crippen LogP contribution in [0.4, 0.5) is 0 Å². The van der Waals surface area contributed by atoms with Gasteiger partial charge in [-0.1, -0.05) is 0 Å². The number of hydrogen-bond acceptors (Lipinski definition) is 2. The average molecular weight is 115 g/mol. The van der Waals surface area contributed by atoms with Crippen LogP contribution in [-0.2, 0) is 0 Å². The Balaban J connectivity index is 2.37. The molecule has 0 spiro atoms. The fraction of sp³-hybridized carbons (Fsp3) is 1.00. The summed E-state index contributed by atoms with van der Waals surface area (Å²) in [6.07, 6.45) is 2.17. The lowest BCUT2D eigenvalue weighted by atomic mass is 9.69. The Morgan fingerprint density at radius 2 is 2.50 bits per heavy atom. The van der Waals surface area contributed by atoms with E-state index in [1.807, 2.05) is 6.92 Å². The molecular formula is C6H13NO. The van der Waals surface area contributed by atoms with E-state index in [-0.39, 0.29) is 12.1 Å². The fourth-order valence-corrected chi connectivity index (χ4v) is 1.10. The summed E-state index contributed by atoms with van der Waals surface area (Å²) in [6, 6.07) is 0. The summed E-state index contributed by atoms with van der Waals surface area (Å²) in [5, 5.41) is 8.64. The molecular weight excluding hydrogens is 102 g/mol. The van der Waals surface area contributed by atoms with Crippen molar-refractivity contribution >= 4 is 0 Å². The number of hydrogen-bond donors (Lipinski definition) is 2. The summed E-state index contributed by atoms with van der Waals surface area (Å²) in [6.45, 7) is 2.25. The summed E-state index contributed by atoms with van der Waals surface area (Å²) < 4.78 is 0. The Hall–Kier alpha value is -0.0800. The molecule has 0 aromatic carbocycles. The van der Waals surface area contributed by atoms with Gasteiger partial charge < -0.3 is 10.8 Å². The largest absolute Gasteiger partial charge is 0.396 e. The highest BCUT2D eigenvalue weighted by atomic mass is 16.3. The molecule has 8 heavy (non-hydrogen) atoms. The van der Waals surface area contributed by atoms with Gasteiger partial charge in [0.15, 0.2) is 0 Å². The fourth-order valence-electron chi connectivity index (χ4n) is 1.10. The molecule has 1 aliphatic rings. The Morgan fingerprint density at radius 3 is 2.50 bits per heavy atom. The number of aliphatic hydroxyl groups is 1. The summed E-state index contributed by atoms with van der Waals surface area (Å²) >= 11 is 0. The summed E-state index contributed by atoms with van der Waals surface area (Å²) in [4.78, 5) is 0. The van der Waals surface area contributed by atoms with E-state index in [0.29, 0.717) is 5.92 Å². The Morgan fingerprint density at radius 1 is 1.88 bits per heavy atom. The van der Waals surface area contributed by atoms with E-state index in [0.717, 1.165) is 12.8 Å². The predicted octanol–water partition coefficient (Wildman–Crippen LogP) is 0.106. The van der Waals surface area contributed by atoms with Crippen LogP contribution in [0.25, 0.3) is 0 Å². The maximum atomic E-state index is 8.64. The lowest BCUT2D eigenvalue weighted by Crippen LogP contribution is -2.53. The SMILES string of the molecule is C[C@@]1(N)CC[C@@H]1CO. The topological polar surface area (TPSA) is 46.2 Å². The summed E-state index contributed by atoms with van der Waals surface area (Å²) in [7, 11) is 0. The molecule has 0 amide bonds. The van der Waals surface area contributed by atoms with Crippen LogP contribution in [0, 0.1) is 5.92 Å². The van der Waals surface area contributed by atoms with Crippen molar-refractivity contribution in [3.05, 3.63) is 0 Å². The molecule has 2 nitrogen and oxygen atoms in total. The first-order valence-electron chi connectivity index (χ1n) is 3.06. The third-order valence-electron chi connectivity index (χ3n) is 2.18. The molecule has 1 fully saturated rings. The first-order valence-corrected chi connectivity index (χ1v) is 3.06. The molecule has 1 saturated carbocycles. The minimum atomic E-state index is -0.0608. The van der Waals surface area contributed by atoms with Crippen LogP contribution in [0.15, 0.2) is 0 Å². The number of rotatable bonds is 1. The van der Waals surface area contributed by atoms with Crippen molar-refractivity contribution in [3.8, 4) is 0 Å². The van der Waals surface area contributed by atoms with Crippen LogP contribution in [0.3, 0.4) is 0 Å². The van der Waals surface area contributed by atoms with Crippen molar-refractivity contribution < 1.29 is 5.11 Å². The van der Waals surface area contributed by atoms with Gasteiger partial charge in [0.2, 0.25) is 0 Å². The van der Waals surface area contributed by atoms with Gasteiger partial charge in [-0.3, -0.25) is 0 Å². The third kappa shape index (κ3) is 0.740. The third-order valence-corrected chi connectivity index (χ3v) is 2.18. The minimum absolute atomic E-state index is 0.0608. The normalized spacial score (nSPS) is 46.1. The van der Waals surface area contributed by atoms with Crippen molar-refractivity contribution in [2.24, 2.45) is 11.7 Å². The maximum Gasteiger partial charge on any atom is 0.0476 e. The van der Waals surface area contributed by atoms with Gasteiger partial charge in [-0.05, 0) is 25.7 Å². The van der Waals surface area contributed by atoms with Gasteiger partial charge in [-0.15, -0.1) is 0 Å². The predicted molar refractivity (Wildman–Crippen MR) is 32.4 cm³/mol. The van der Waals surface area contributed by atoms with Crippen LogP contribution in [-0.4, -0.2) is 17.3 Å². The van der Waals surface area contributed by atoms with Gasteiger partial charge in [-0.2, -0.15) is 0 Å². The molecule has 0 unspecified atom stereocenters. The van der Waals surface area contributed by atoms with Crippen molar-refractivity contribution in [1.29, 1.82) is 0 Å². The standard InChI is InChI=1S/C6H13NO/c1-6(7)3-2-5(6)4-8/h5,8H,2-4,7H2,1H3/t5-,6-/m1/s1. The highest BCUT2D eigenvalue weighted by molar-refractivity contribution is 4.95. The van der Waals surface area contributed by atoms with E-state index in [4.69, 9.17) is 10.8 Å². The zero-order valence-corrected chi connectivity index (χ0v) is 5.22. The first-order chi connectivity index (χ1) is 3.67. The Kier molecular flexibility index (Phi) is 1.29. The molecule has 0 saturated heterocycles. The van der Waals surface area contributed by atoms with E-state index in [9.17, 15) is 0 Å². The molecule has 1 aliphatic carbocycles. The first kappa shape index (κ1) is 6.05. The van der Waals surface area contributed by atoms with Gasteiger partial charge in [-0.25, -0.2) is 0 Å². The number of aliphatic hydroxyl groups excluding tert-OH is 1. The lowest BCUT2D eigenvalue weighted by molar-refractivity contribution is 0.0750. The second-order valence-electron chi connectivity index (χ2n) is 2.92. The van der Waals surface area contributed by atoms with E-state index < -0.39 is 0 Å². The highest BCUT2D eigenvalue weighted by Crippen LogP contribution is 2.34. The summed E-state index contributed by atoms with van der Waals surface area (Å²) in [5.74, 6) is 0.363. The molecule has 3 N–H and O–H groups in total. The van der Waals surface area contributed by atoms with E-state index in [1.165, 1.54) is 0 Å². The number of nitrogens with two attached hydrogens (primary N) is 1.